The number of halogens is 2. The van der Waals surface area contributed by atoms with E-state index < -0.39 is 35.0 Å². The highest BCUT2D eigenvalue weighted by Gasteiger charge is 2.54. The van der Waals surface area contributed by atoms with Gasteiger partial charge in [-0.2, -0.15) is 8.78 Å². The van der Waals surface area contributed by atoms with Crippen LogP contribution in [0.5, 0.6) is 0 Å². The SMILES string of the molecule is C=C(NO)c1cccc(CN2C(=O)C(F)(F)c3ccccc32)c1.CN1CCC(C2C(=O)N(Cc3ccc(C(=O)NO)cc3)c3ccccc32)CC1.CN1CCC2(C1)C(=O)N(Cc1ccc(C(=O)NO)cc1)c1ccccc12.O=C(NO)c1ccc(CN2C(=O)C(C3CCCCC3)c3ccccc32)cc1. The molecule has 6 heterocycles. The van der Waals surface area contributed by atoms with Crippen molar-refractivity contribution in [3.05, 3.63) is 267 Å². The Morgan fingerprint density at radius 2 is 0.846 bits per heavy atom. The predicted octanol–water partition coefficient (Wildman–Crippen LogP) is 12.0. The van der Waals surface area contributed by atoms with Gasteiger partial charge in [0.05, 0.1) is 60.4 Å². The largest absolute Gasteiger partial charge is 0.352 e. The Kier molecular flexibility index (Phi) is 22.3. The smallest absolute Gasteiger partial charge is 0.307 e. The lowest BCUT2D eigenvalue weighted by Gasteiger charge is -2.32. The average Bonchev–Trinajstić information content (AvgIpc) is 1.56. The van der Waals surface area contributed by atoms with Crippen molar-refractivity contribution in [2.75, 3.05) is 59.9 Å². The highest BCUT2D eigenvalue weighted by Crippen LogP contribution is 2.50. The van der Waals surface area contributed by atoms with Crippen LogP contribution in [-0.4, -0.2) is 112 Å². The second kappa shape index (κ2) is 31.8. The van der Waals surface area contributed by atoms with E-state index >= 15 is 0 Å². The molecule has 3 fully saturated rings. The van der Waals surface area contributed by atoms with Gasteiger partial charge in [-0.1, -0.05) is 153 Å². The molecular weight excluding hydrogens is 1330 g/mol. The minimum Gasteiger partial charge on any atom is -0.307 e. The molecule has 0 radical (unpaired) electrons. The van der Waals surface area contributed by atoms with Crippen LogP contribution in [-0.2, 0) is 56.7 Å². The van der Waals surface area contributed by atoms with Gasteiger partial charge in [0.25, 0.3) is 17.7 Å². The molecule has 1 aliphatic carbocycles. The van der Waals surface area contributed by atoms with E-state index in [1.54, 1.807) is 83.2 Å². The molecule has 3 atom stereocenters. The molecule has 7 amide bonds. The van der Waals surface area contributed by atoms with Gasteiger partial charge in [-0.15, -0.1) is 0 Å². The Labute approximate surface area is 601 Å². The minimum absolute atomic E-state index is 0.0119. The standard InChI is InChI=1S/C22H25N3O3.C22H24N2O3.C20H21N3O3.C17H14F2N2O2/c1-24-12-10-16(11-13-24)20-18-4-2-3-5-19(18)25(22(20)27)14-15-6-8-17(9-7-15)21(26)23-28;25-21(23-27)17-12-10-15(11-13-17)14-24-19-9-5-4-8-18(19)20(22(24)26)16-6-2-1-3-7-16;1-22-11-10-20(13-22)16-4-2-3-5-17(16)23(19(20)25)12-14-6-8-15(9-7-14)18(24)21-26;1-11(20-23)13-6-4-5-12(9-13)10-21-15-8-3-2-7-14(15)17(18,19)16(21)22/h2-9,16,20,28H,10-14H2,1H3,(H,23,26);4-5,8-13,16,20,27H,1-3,6-7,14H2,(H,23,25);2-9,26H,10-13H2,1H3,(H,21,24);2-9,20,23H,1,10H2. The molecule has 1 spiro atoms. The summed E-state index contributed by atoms with van der Waals surface area (Å²) in [6.45, 7) is 8.79. The van der Waals surface area contributed by atoms with Crippen molar-refractivity contribution in [3.8, 4) is 0 Å². The van der Waals surface area contributed by atoms with Crippen molar-refractivity contribution >= 4 is 69.8 Å². The third-order valence-corrected chi connectivity index (χ3v) is 21.1. The lowest BCUT2D eigenvalue weighted by molar-refractivity contribution is -0.141. The average molecular weight is 1410 g/mol. The van der Waals surface area contributed by atoms with Crippen molar-refractivity contribution in [1.82, 2.24) is 31.7 Å². The number of anilines is 4. The first-order valence-electron chi connectivity index (χ1n) is 34.9. The summed E-state index contributed by atoms with van der Waals surface area (Å²) in [5.41, 5.74) is 18.2. The molecule has 6 aliphatic heterocycles. The van der Waals surface area contributed by atoms with E-state index in [9.17, 15) is 42.3 Å². The summed E-state index contributed by atoms with van der Waals surface area (Å²) in [5, 5.41) is 35.1. The van der Waals surface area contributed by atoms with Gasteiger partial charge < -0.3 is 29.4 Å². The highest BCUT2D eigenvalue weighted by molar-refractivity contribution is 6.09. The second-order valence-corrected chi connectivity index (χ2v) is 27.6. The number of rotatable bonds is 15. The number of hydroxylamine groups is 4. The minimum atomic E-state index is -3.51. The summed E-state index contributed by atoms with van der Waals surface area (Å²) < 4.78 is 28.2. The van der Waals surface area contributed by atoms with Gasteiger partial charge >= 0.3 is 11.8 Å². The van der Waals surface area contributed by atoms with Crippen molar-refractivity contribution in [3.63, 3.8) is 0 Å². The Morgan fingerprint density at radius 1 is 0.433 bits per heavy atom. The maximum Gasteiger partial charge on any atom is 0.352 e. The normalized spacial score (nSPS) is 19.5. The molecular formula is C81H84F2N10O11. The van der Waals surface area contributed by atoms with Crippen molar-refractivity contribution in [1.29, 1.82) is 0 Å². The second-order valence-electron chi connectivity index (χ2n) is 27.6. The van der Waals surface area contributed by atoms with E-state index in [1.807, 2.05) is 111 Å². The molecule has 15 rings (SSSR count). The number of carbonyl (C=O) groups excluding carboxylic acids is 7. The summed E-state index contributed by atoms with van der Waals surface area (Å²) >= 11 is 0. The summed E-state index contributed by atoms with van der Waals surface area (Å²) in [4.78, 5) is 97.8. The maximum atomic E-state index is 14.1. The molecule has 21 nitrogen and oxygen atoms in total. The Hall–Kier alpha value is -10.8. The molecule has 8 aromatic rings. The van der Waals surface area contributed by atoms with Crippen LogP contribution in [0.2, 0.25) is 0 Å². The molecule has 0 bridgehead atoms. The van der Waals surface area contributed by atoms with E-state index in [0.29, 0.717) is 59.3 Å². The Balaban J connectivity index is 0.000000131. The maximum absolute atomic E-state index is 14.1. The van der Waals surface area contributed by atoms with E-state index in [2.05, 4.69) is 48.7 Å². The first kappa shape index (κ1) is 73.0. The number of carbonyl (C=O) groups is 7. The number of hydrogen-bond acceptors (Lipinski definition) is 14. The lowest BCUT2D eigenvalue weighted by Crippen LogP contribution is -2.41. The van der Waals surface area contributed by atoms with Crippen LogP contribution in [0.25, 0.3) is 5.70 Å². The summed E-state index contributed by atoms with van der Waals surface area (Å²) in [5.74, 6) is -5.13. The van der Waals surface area contributed by atoms with Crippen LogP contribution in [0, 0.1) is 11.8 Å². The van der Waals surface area contributed by atoms with Crippen molar-refractivity contribution in [2.45, 2.75) is 101 Å². The van der Waals surface area contributed by atoms with Gasteiger partial charge in [-0.05, 0) is 189 Å². The molecule has 8 N–H and O–H groups in total. The van der Waals surface area contributed by atoms with Crippen LogP contribution in [0.1, 0.15) is 144 Å². The van der Waals surface area contributed by atoms with Gasteiger partial charge in [0.1, 0.15) is 0 Å². The molecule has 7 aliphatic rings. The number of hydrogen-bond donors (Lipinski definition) is 8. The Bertz CT molecular complexity index is 4510. The summed E-state index contributed by atoms with van der Waals surface area (Å²) in [7, 11) is 4.19. The first-order chi connectivity index (χ1) is 50.3. The third kappa shape index (κ3) is 15.0. The van der Waals surface area contributed by atoms with Crippen molar-refractivity contribution in [2.24, 2.45) is 11.8 Å². The van der Waals surface area contributed by atoms with E-state index in [0.717, 1.165) is 114 Å². The fraction of sp³-hybridized carbons (Fsp3) is 0.296. The molecule has 2 saturated heterocycles. The van der Waals surface area contributed by atoms with Gasteiger partial charge in [0.2, 0.25) is 17.7 Å². The number of alkyl halides is 2. The molecule has 1 saturated carbocycles. The zero-order valence-electron chi connectivity index (χ0n) is 57.9. The lowest BCUT2D eigenvalue weighted by atomic mass is 9.77. The molecule has 0 aromatic heterocycles. The molecule has 3 unspecified atom stereocenters. The topological polar surface area (TPSA) is 268 Å². The zero-order valence-corrected chi connectivity index (χ0v) is 57.9. The quantitative estimate of drug-likeness (QED) is 0.0350. The van der Waals surface area contributed by atoms with E-state index in [-0.39, 0.29) is 53.0 Å². The number of piperidine rings is 1. The molecule has 8 aromatic carbocycles. The van der Waals surface area contributed by atoms with E-state index in [4.69, 9.17) is 20.8 Å². The van der Waals surface area contributed by atoms with Gasteiger partial charge in [0, 0.05) is 40.3 Å². The highest BCUT2D eigenvalue weighted by atomic mass is 19.3. The van der Waals surface area contributed by atoms with Crippen molar-refractivity contribution < 1.29 is 63.2 Å². The monoisotopic (exact) mass is 1410 g/mol. The molecule has 23 heteroatoms. The number of likely N-dealkylation sites (tertiary alicyclic amines) is 2. The van der Waals surface area contributed by atoms with Crippen LogP contribution < -0.4 is 41.5 Å². The number of nitrogens with one attached hydrogen (secondary N) is 4. The number of para-hydroxylation sites is 4. The number of benzene rings is 8. The number of likely N-dealkylation sites (N-methyl/N-ethyl adjacent to an activating group) is 1. The van der Waals surface area contributed by atoms with Crippen LogP contribution in [0.15, 0.2) is 201 Å². The van der Waals surface area contributed by atoms with Crippen LogP contribution in [0.3, 0.4) is 0 Å². The van der Waals surface area contributed by atoms with Gasteiger partial charge in [-0.3, -0.25) is 59.9 Å². The third-order valence-electron chi connectivity index (χ3n) is 21.1. The van der Waals surface area contributed by atoms with Gasteiger partial charge in [-0.25, -0.2) is 16.4 Å². The fourth-order valence-corrected chi connectivity index (χ4v) is 15.7. The van der Waals surface area contributed by atoms with Gasteiger partial charge in [0.15, 0.2) is 0 Å². The number of fused-ring (bicyclic) bond motifs is 5. The molecule has 538 valence electrons. The zero-order chi connectivity index (χ0) is 73.4. The Morgan fingerprint density at radius 3 is 1.31 bits per heavy atom. The molecule has 104 heavy (non-hydrogen) atoms. The number of nitrogens with zero attached hydrogens (tertiary/aromatic N) is 6. The predicted molar refractivity (Wildman–Crippen MR) is 388 cm³/mol. The summed E-state index contributed by atoms with van der Waals surface area (Å²) in [6, 6.07) is 57.8. The first-order valence-corrected chi connectivity index (χ1v) is 34.9. The summed E-state index contributed by atoms with van der Waals surface area (Å²) in [6.07, 6.45) is 8.88. The van der Waals surface area contributed by atoms with Crippen LogP contribution >= 0.6 is 0 Å². The fourth-order valence-electron chi connectivity index (χ4n) is 15.7. The number of amides is 7. The van der Waals surface area contributed by atoms with Crippen LogP contribution in [0.4, 0.5) is 31.5 Å². The van der Waals surface area contributed by atoms with E-state index in [1.165, 1.54) is 37.5 Å².